The van der Waals surface area contributed by atoms with Gasteiger partial charge in [0.15, 0.2) is 0 Å². The van der Waals surface area contributed by atoms with E-state index in [2.05, 4.69) is 20.4 Å². The summed E-state index contributed by atoms with van der Waals surface area (Å²) in [6.45, 7) is 4.00. The fourth-order valence-corrected chi connectivity index (χ4v) is 1.30. The summed E-state index contributed by atoms with van der Waals surface area (Å²) >= 11 is 0. The van der Waals surface area contributed by atoms with E-state index >= 15 is 0 Å². The Morgan fingerprint density at radius 1 is 1.39 bits per heavy atom. The molecule has 18 heavy (non-hydrogen) atoms. The van der Waals surface area contributed by atoms with Gasteiger partial charge in [-0.1, -0.05) is 5.16 Å². The maximum atomic E-state index is 11.8. The van der Waals surface area contributed by atoms with E-state index in [0.717, 1.165) is 0 Å². The molecular weight excluding hydrogens is 236 g/mol. The van der Waals surface area contributed by atoms with Crippen LogP contribution in [0.15, 0.2) is 23.1 Å². The molecule has 0 aliphatic heterocycles. The molecule has 0 spiro atoms. The zero-order valence-electron chi connectivity index (χ0n) is 10.0. The van der Waals surface area contributed by atoms with Crippen molar-refractivity contribution in [3.63, 3.8) is 0 Å². The molecule has 1 amide bonds. The number of aryl methyl sites for hydroxylation is 1. The zero-order valence-corrected chi connectivity index (χ0v) is 10.0. The molecule has 2 aromatic heterocycles. The Kier molecular flexibility index (Phi) is 3.52. The quantitative estimate of drug-likeness (QED) is 0.880. The van der Waals surface area contributed by atoms with Crippen LogP contribution < -0.4 is 10.1 Å². The number of aromatic nitrogens is 3. The number of amides is 1. The number of carbonyl (C=O) groups is 1. The second kappa shape index (κ2) is 5.26. The van der Waals surface area contributed by atoms with Gasteiger partial charge in [-0.2, -0.15) is 0 Å². The van der Waals surface area contributed by atoms with Crippen LogP contribution in [0.3, 0.4) is 0 Å². The smallest absolute Gasteiger partial charge is 0.316 e. The average Bonchev–Trinajstić information content (AvgIpc) is 2.78. The number of ether oxygens (including phenoxy) is 1. The van der Waals surface area contributed by atoms with Gasteiger partial charge < -0.3 is 14.6 Å². The summed E-state index contributed by atoms with van der Waals surface area (Å²) in [5, 5.41) is 6.17. The van der Waals surface area contributed by atoms with Gasteiger partial charge in [-0.05, 0) is 13.8 Å². The van der Waals surface area contributed by atoms with Crippen molar-refractivity contribution in [2.45, 2.75) is 13.8 Å². The molecule has 0 aliphatic carbocycles. The van der Waals surface area contributed by atoms with Crippen LogP contribution in [-0.2, 0) is 0 Å². The Hall–Kier alpha value is -2.44. The van der Waals surface area contributed by atoms with Crippen molar-refractivity contribution >= 4 is 11.6 Å². The van der Waals surface area contributed by atoms with Crippen LogP contribution in [0.4, 0.5) is 5.69 Å². The summed E-state index contributed by atoms with van der Waals surface area (Å²) in [6.07, 6.45) is 4.30. The first-order valence-corrected chi connectivity index (χ1v) is 5.38. The maximum Gasteiger partial charge on any atom is 0.316 e. The fraction of sp³-hybridized carbons (Fsp3) is 0.273. The highest BCUT2D eigenvalue weighted by atomic mass is 16.5. The molecule has 0 aliphatic rings. The number of nitrogens with zero attached hydrogens (tertiary/aromatic N) is 3. The molecule has 0 aromatic carbocycles. The minimum atomic E-state index is -0.318. The Morgan fingerprint density at radius 3 is 2.67 bits per heavy atom. The second-order valence-electron chi connectivity index (χ2n) is 3.44. The molecule has 7 nitrogen and oxygen atoms in total. The molecule has 0 unspecified atom stereocenters. The molecule has 7 heteroatoms. The van der Waals surface area contributed by atoms with E-state index in [0.29, 0.717) is 23.6 Å². The van der Waals surface area contributed by atoms with Crippen LogP contribution in [0, 0.1) is 6.92 Å². The predicted octanol–water partition coefficient (Wildman–Crippen LogP) is 1.42. The lowest BCUT2D eigenvalue weighted by Gasteiger charge is -2.04. The Labute approximate surface area is 103 Å². The van der Waals surface area contributed by atoms with Gasteiger partial charge in [0.25, 0.3) is 5.91 Å². The van der Waals surface area contributed by atoms with Crippen LogP contribution in [-0.4, -0.2) is 27.6 Å². The van der Waals surface area contributed by atoms with Crippen LogP contribution >= 0.6 is 0 Å². The molecule has 0 fully saturated rings. The van der Waals surface area contributed by atoms with Crippen molar-refractivity contribution in [1.29, 1.82) is 0 Å². The van der Waals surface area contributed by atoms with Gasteiger partial charge in [-0.15, -0.1) is 0 Å². The van der Waals surface area contributed by atoms with Gasteiger partial charge in [0.05, 0.1) is 30.9 Å². The van der Waals surface area contributed by atoms with Crippen LogP contribution in [0.5, 0.6) is 6.01 Å². The normalized spacial score (nSPS) is 10.1. The second-order valence-corrected chi connectivity index (χ2v) is 3.44. The Balaban J connectivity index is 2.05. The van der Waals surface area contributed by atoms with Gasteiger partial charge in [-0.25, -0.2) is 9.97 Å². The van der Waals surface area contributed by atoms with E-state index in [-0.39, 0.29) is 11.9 Å². The molecule has 2 rings (SSSR count). The number of carbonyl (C=O) groups excluding carboxylic acids is 1. The van der Waals surface area contributed by atoms with Gasteiger partial charge >= 0.3 is 6.01 Å². The summed E-state index contributed by atoms with van der Waals surface area (Å²) in [4.78, 5) is 19.7. The molecule has 2 heterocycles. The molecule has 94 valence electrons. The summed E-state index contributed by atoms with van der Waals surface area (Å²) in [7, 11) is 0. The van der Waals surface area contributed by atoms with Crippen molar-refractivity contribution in [1.82, 2.24) is 15.1 Å². The number of nitrogens with one attached hydrogen (secondary N) is 1. The van der Waals surface area contributed by atoms with E-state index in [4.69, 9.17) is 9.26 Å². The summed E-state index contributed by atoms with van der Waals surface area (Å²) in [5.41, 5.74) is 0.855. The third-order valence-corrected chi connectivity index (χ3v) is 2.15. The first kappa shape index (κ1) is 12.0. The SMILES string of the molecule is CCOc1ncc(NC(=O)c2cnoc2C)cn1. The lowest BCUT2D eigenvalue weighted by Crippen LogP contribution is -2.12. The van der Waals surface area contributed by atoms with Crippen molar-refractivity contribution in [2.75, 3.05) is 11.9 Å². The Morgan fingerprint density at radius 2 is 2.11 bits per heavy atom. The maximum absolute atomic E-state index is 11.8. The largest absolute Gasteiger partial charge is 0.464 e. The van der Waals surface area contributed by atoms with E-state index in [1.54, 1.807) is 6.92 Å². The van der Waals surface area contributed by atoms with Crippen molar-refractivity contribution in [2.24, 2.45) is 0 Å². The first-order valence-electron chi connectivity index (χ1n) is 5.38. The van der Waals surface area contributed by atoms with E-state index in [9.17, 15) is 4.79 Å². The highest BCUT2D eigenvalue weighted by molar-refractivity contribution is 6.04. The molecule has 1 N–H and O–H groups in total. The van der Waals surface area contributed by atoms with Crippen molar-refractivity contribution in [3.8, 4) is 6.01 Å². The van der Waals surface area contributed by atoms with Gasteiger partial charge in [0.1, 0.15) is 11.3 Å². The van der Waals surface area contributed by atoms with Crippen LogP contribution in [0.25, 0.3) is 0 Å². The Bertz CT molecular complexity index is 535. The van der Waals surface area contributed by atoms with Crippen molar-refractivity contribution < 1.29 is 14.1 Å². The number of hydrogen-bond donors (Lipinski definition) is 1. The molecule has 0 saturated heterocycles. The summed E-state index contributed by atoms with van der Waals surface area (Å²) < 4.78 is 9.91. The van der Waals surface area contributed by atoms with Crippen molar-refractivity contribution in [3.05, 3.63) is 29.9 Å². The third-order valence-electron chi connectivity index (χ3n) is 2.15. The van der Waals surface area contributed by atoms with Gasteiger partial charge in [0, 0.05) is 0 Å². The molecule has 0 radical (unpaired) electrons. The molecular formula is C11H12N4O3. The lowest BCUT2D eigenvalue weighted by atomic mass is 10.2. The third kappa shape index (κ3) is 2.62. The molecule has 0 atom stereocenters. The van der Waals surface area contributed by atoms with E-state index < -0.39 is 0 Å². The van der Waals surface area contributed by atoms with Gasteiger partial charge in [0.2, 0.25) is 0 Å². The van der Waals surface area contributed by atoms with Crippen LogP contribution in [0.2, 0.25) is 0 Å². The number of anilines is 1. The average molecular weight is 248 g/mol. The summed E-state index contributed by atoms with van der Waals surface area (Å²) in [5.74, 6) is 0.140. The number of hydrogen-bond acceptors (Lipinski definition) is 6. The molecule has 0 bridgehead atoms. The standard InChI is InChI=1S/C11H12N4O3/c1-3-17-11-12-4-8(5-13-11)15-10(16)9-6-14-18-7(9)2/h4-6H,3H2,1-2H3,(H,15,16). The minimum Gasteiger partial charge on any atom is -0.464 e. The predicted molar refractivity (Wildman–Crippen MR) is 62.4 cm³/mol. The lowest BCUT2D eigenvalue weighted by molar-refractivity contribution is 0.102. The zero-order chi connectivity index (χ0) is 13.0. The topological polar surface area (TPSA) is 90.1 Å². The fourth-order valence-electron chi connectivity index (χ4n) is 1.30. The first-order chi connectivity index (χ1) is 8.70. The highest BCUT2D eigenvalue weighted by Crippen LogP contribution is 2.11. The molecule has 2 aromatic rings. The monoisotopic (exact) mass is 248 g/mol. The highest BCUT2D eigenvalue weighted by Gasteiger charge is 2.13. The number of rotatable bonds is 4. The minimum absolute atomic E-state index is 0.275. The molecule has 0 saturated carbocycles. The van der Waals surface area contributed by atoms with E-state index in [1.807, 2.05) is 6.92 Å². The van der Waals surface area contributed by atoms with Crippen LogP contribution in [0.1, 0.15) is 23.0 Å². The summed E-state index contributed by atoms with van der Waals surface area (Å²) in [6, 6.07) is 0.275. The van der Waals surface area contributed by atoms with Gasteiger partial charge in [-0.3, -0.25) is 4.79 Å². The van der Waals surface area contributed by atoms with E-state index in [1.165, 1.54) is 18.6 Å².